The predicted molar refractivity (Wildman–Crippen MR) is 74.4 cm³/mol. The smallest absolute Gasteiger partial charge is 0.0553 e. The quantitative estimate of drug-likeness (QED) is 0.845. The average Bonchev–Trinajstić information content (AvgIpc) is 2.82. The summed E-state index contributed by atoms with van der Waals surface area (Å²) < 4.78 is 1.95. The summed E-state index contributed by atoms with van der Waals surface area (Å²) in [7, 11) is 2.00. The third kappa shape index (κ3) is 3.20. The molecule has 1 aromatic heterocycles. The van der Waals surface area contributed by atoms with Gasteiger partial charge in [-0.1, -0.05) is 37.3 Å². The Balaban J connectivity index is 2.13. The van der Waals surface area contributed by atoms with Crippen LogP contribution in [0, 0.1) is 0 Å². The van der Waals surface area contributed by atoms with Gasteiger partial charge in [-0.05, 0) is 31.0 Å². The molecule has 0 aliphatic heterocycles. The van der Waals surface area contributed by atoms with Crippen LogP contribution in [0.25, 0.3) is 0 Å². The highest BCUT2D eigenvalue weighted by molar-refractivity contribution is 5.19. The highest BCUT2D eigenvalue weighted by Gasteiger charge is 2.14. The van der Waals surface area contributed by atoms with Crippen LogP contribution < -0.4 is 5.32 Å². The maximum absolute atomic E-state index is 4.26. The van der Waals surface area contributed by atoms with Crippen molar-refractivity contribution in [3.05, 3.63) is 53.9 Å². The number of benzene rings is 1. The minimum absolute atomic E-state index is 0.333. The van der Waals surface area contributed by atoms with Crippen LogP contribution in [-0.4, -0.2) is 16.3 Å². The summed E-state index contributed by atoms with van der Waals surface area (Å²) >= 11 is 0. The highest BCUT2D eigenvalue weighted by Crippen LogP contribution is 2.17. The normalized spacial score (nSPS) is 12.6. The molecule has 3 nitrogen and oxygen atoms in total. The number of hydrogen-bond acceptors (Lipinski definition) is 2. The van der Waals surface area contributed by atoms with Crippen LogP contribution in [0.3, 0.4) is 0 Å². The summed E-state index contributed by atoms with van der Waals surface area (Å²) in [4.78, 5) is 0. The molecule has 18 heavy (non-hydrogen) atoms. The lowest BCUT2D eigenvalue weighted by Crippen LogP contribution is -2.26. The Bertz CT molecular complexity index is 462. The lowest BCUT2D eigenvalue weighted by atomic mass is 10.0. The van der Waals surface area contributed by atoms with Crippen molar-refractivity contribution < 1.29 is 0 Å². The standard InChI is InChI=1S/C15H21N3/c1-3-10-16-14(15-9-11-17-18(15)2)12-13-7-5-4-6-8-13/h4-9,11,14,16H,3,10,12H2,1-2H3. The summed E-state index contributed by atoms with van der Waals surface area (Å²) in [5, 5.41) is 7.86. The first-order valence-corrected chi connectivity index (χ1v) is 6.56. The second-order valence-corrected chi connectivity index (χ2v) is 4.58. The molecule has 0 spiro atoms. The highest BCUT2D eigenvalue weighted by atomic mass is 15.3. The molecular weight excluding hydrogens is 222 g/mol. The fourth-order valence-corrected chi connectivity index (χ4v) is 2.18. The van der Waals surface area contributed by atoms with Gasteiger partial charge in [-0.3, -0.25) is 4.68 Å². The summed E-state index contributed by atoms with van der Waals surface area (Å²) in [6, 6.07) is 13.0. The van der Waals surface area contributed by atoms with Crippen molar-refractivity contribution in [2.75, 3.05) is 6.54 Å². The number of rotatable bonds is 6. The van der Waals surface area contributed by atoms with Gasteiger partial charge in [0.1, 0.15) is 0 Å². The summed E-state index contributed by atoms with van der Waals surface area (Å²) in [6.45, 7) is 3.22. The first kappa shape index (κ1) is 12.8. The molecule has 0 aliphatic rings. The van der Waals surface area contributed by atoms with E-state index in [2.05, 4.69) is 53.7 Å². The van der Waals surface area contributed by atoms with E-state index in [1.54, 1.807) is 0 Å². The van der Waals surface area contributed by atoms with Gasteiger partial charge < -0.3 is 5.32 Å². The largest absolute Gasteiger partial charge is 0.308 e. The van der Waals surface area contributed by atoms with Crippen LogP contribution in [0.15, 0.2) is 42.6 Å². The fraction of sp³-hybridized carbons (Fsp3) is 0.400. The zero-order valence-electron chi connectivity index (χ0n) is 11.1. The van der Waals surface area contributed by atoms with Crippen LogP contribution >= 0.6 is 0 Å². The molecule has 0 aliphatic carbocycles. The molecule has 0 radical (unpaired) electrons. The third-order valence-corrected chi connectivity index (χ3v) is 3.14. The van der Waals surface area contributed by atoms with Crippen LogP contribution in [0.2, 0.25) is 0 Å². The third-order valence-electron chi connectivity index (χ3n) is 3.14. The van der Waals surface area contributed by atoms with E-state index < -0.39 is 0 Å². The summed E-state index contributed by atoms with van der Waals surface area (Å²) in [5.41, 5.74) is 2.60. The molecule has 0 saturated heterocycles. The van der Waals surface area contributed by atoms with E-state index in [9.17, 15) is 0 Å². The average molecular weight is 243 g/mol. The van der Waals surface area contributed by atoms with Gasteiger partial charge in [-0.25, -0.2) is 0 Å². The van der Waals surface area contributed by atoms with E-state index in [0.29, 0.717) is 6.04 Å². The number of nitrogens with one attached hydrogen (secondary N) is 1. The zero-order chi connectivity index (χ0) is 12.8. The van der Waals surface area contributed by atoms with Crippen molar-refractivity contribution in [1.29, 1.82) is 0 Å². The minimum atomic E-state index is 0.333. The van der Waals surface area contributed by atoms with E-state index in [4.69, 9.17) is 0 Å². The SMILES string of the molecule is CCCNC(Cc1ccccc1)c1ccnn1C. The molecular formula is C15H21N3. The second kappa shape index (κ2) is 6.36. The molecule has 1 N–H and O–H groups in total. The van der Waals surface area contributed by atoms with E-state index in [0.717, 1.165) is 19.4 Å². The monoisotopic (exact) mass is 243 g/mol. The van der Waals surface area contributed by atoms with Crippen LogP contribution in [0.4, 0.5) is 0 Å². The van der Waals surface area contributed by atoms with Gasteiger partial charge in [-0.15, -0.1) is 0 Å². The Morgan fingerprint density at radius 3 is 2.61 bits per heavy atom. The lowest BCUT2D eigenvalue weighted by Gasteiger charge is -2.19. The molecule has 1 heterocycles. The molecule has 1 aromatic carbocycles. The van der Waals surface area contributed by atoms with Gasteiger partial charge in [0, 0.05) is 13.2 Å². The van der Waals surface area contributed by atoms with E-state index in [1.807, 2.05) is 17.9 Å². The molecule has 0 saturated carbocycles. The molecule has 0 fully saturated rings. The van der Waals surface area contributed by atoms with Crippen molar-refractivity contribution in [2.24, 2.45) is 7.05 Å². The Morgan fingerprint density at radius 1 is 1.22 bits per heavy atom. The van der Waals surface area contributed by atoms with Crippen LogP contribution in [-0.2, 0) is 13.5 Å². The Kier molecular flexibility index (Phi) is 4.53. The zero-order valence-corrected chi connectivity index (χ0v) is 11.1. The van der Waals surface area contributed by atoms with Crippen molar-refractivity contribution in [3.63, 3.8) is 0 Å². The first-order chi connectivity index (χ1) is 8.81. The Hall–Kier alpha value is -1.61. The van der Waals surface area contributed by atoms with Gasteiger partial charge in [0.25, 0.3) is 0 Å². The lowest BCUT2D eigenvalue weighted by molar-refractivity contribution is 0.493. The minimum Gasteiger partial charge on any atom is -0.308 e. The fourth-order valence-electron chi connectivity index (χ4n) is 2.18. The van der Waals surface area contributed by atoms with Gasteiger partial charge in [0.2, 0.25) is 0 Å². The van der Waals surface area contributed by atoms with Crippen molar-refractivity contribution >= 4 is 0 Å². The molecule has 0 bridgehead atoms. The molecule has 2 rings (SSSR count). The van der Waals surface area contributed by atoms with Gasteiger partial charge >= 0.3 is 0 Å². The van der Waals surface area contributed by atoms with Crippen molar-refractivity contribution in [1.82, 2.24) is 15.1 Å². The van der Waals surface area contributed by atoms with E-state index >= 15 is 0 Å². The molecule has 2 aromatic rings. The topological polar surface area (TPSA) is 29.9 Å². The van der Waals surface area contributed by atoms with E-state index in [1.165, 1.54) is 11.3 Å². The second-order valence-electron chi connectivity index (χ2n) is 4.58. The summed E-state index contributed by atoms with van der Waals surface area (Å²) in [5.74, 6) is 0. The molecule has 96 valence electrons. The van der Waals surface area contributed by atoms with Crippen molar-refractivity contribution in [2.45, 2.75) is 25.8 Å². The van der Waals surface area contributed by atoms with Gasteiger partial charge in [-0.2, -0.15) is 5.10 Å². The maximum atomic E-state index is 4.26. The Morgan fingerprint density at radius 2 is 2.00 bits per heavy atom. The van der Waals surface area contributed by atoms with Crippen LogP contribution in [0.1, 0.15) is 30.6 Å². The van der Waals surface area contributed by atoms with Gasteiger partial charge in [0.15, 0.2) is 0 Å². The number of nitrogens with zero attached hydrogens (tertiary/aromatic N) is 2. The Labute approximate surface area is 109 Å². The predicted octanol–water partition coefficient (Wildman–Crippen LogP) is 2.70. The van der Waals surface area contributed by atoms with Gasteiger partial charge in [0.05, 0.1) is 11.7 Å². The number of aryl methyl sites for hydroxylation is 1. The molecule has 1 unspecified atom stereocenters. The van der Waals surface area contributed by atoms with Crippen LogP contribution in [0.5, 0.6) is 0 Å². The molecule has 1 atom stereocenters. The number of hydrogen-bond donors (Lipinski definition) is 1. The summed E-state index contributed by atoms with van der Waals surface area (Å²) in [6.07, 6.45) is 4.00. The molecule has 3 heteroatoms. The maximum Gasteiger partial charge on any atom is 0.0553 e. The van der Waals surface area contributed by atoms with Crippen molar-refractivity contribution in [3.8, 4) is 0 Å². The first-order valence-electron chi connectivity index (χ1n) is 6.56. The number of aromatic nitrogens is 2. The molecule has 0 amide bonds. The van der Waals surface area contributed by atoms with E-state index in [-0.39, 0.29) is 0 Å².